The molecule has 2 nitrogen and oxygen atoms in total. The Hall–Kier alpha value is -1.57. The molecule has 0 bridgehead atoms. The molecule has 1 aliphatic heterocycles. The van der Waals surface area contributed by atoms with E-state index in [1.165, 1.54) is 5.57 Å². The predicted octanol–water partition coefficient (Wildman–Crippen LogP) is 4.01. The molecule has 1 aliphatic carbocycles. The maximum atomic E-state index is 12.2. The van der Waals surface area contributed by atoms with Crippen molar-refractivity contribution in [3.63, 3.8) is 0 Å². The molecule has 1 heterocycles. The molecule has 0 spiro atoms. The number of rotatable bonds is 1. The van der Waals surface area contributed by atoms with Gasteiger partial charge in [0.15, 0.2) is 5.78 Å². The number of ether oxygens (including phenoxy) is 1. The zero-order chi connectivity index (χ0) is 13.4. The van der Waals surface area contributed by atoms with Crippen LogP contribution in [0.3, 0.4) is 0 Å². The van der Waals surface area contributed by atoms with E-state index >= 15 is 0 Å². The topological polar surface area (TPSA) is 26.3 Å². The molecular weight excluding hydrogens is 236 g/mol. The third-order valence-electron chi connectivity index (χ3n) is 4.21. The number of ketones is 1. The van der Waals surface area contributed by atoms with Crippen LogP contribution in [0, 0.1) is 11.8 Å². The monoisotopic (exact) mass is 256 g/mol. The third kappa shape index (κ3) is 2.44. The minimum absolute atomic E-state index is 0.0495. The van der Waals surface area contributed by atoms with E-state index < -0.39 is 0 Å². The zero-order valence-electron chi connectivity index (χ0n) is 11.6. The summed E-state index contributed by atoms with van der Waals surface area (Å²) in [6.07, 6.45) is 5.10. The van der Waals surface area contributed by atoms with E-state index in [9.17, 15) is 4.79 Å². The summed E-state index contributed by atoms with van der Waals surface area (Å²) in [5.74, 6) is 2.06. The van der Waals surface area contributed by atoms with Crippen LogP contribution in [0.25, 0.3) is 0 Å². The minimum atomic E-state index is 0.0495. The van der Waals surface area contributed by atoms with Crippen LogP contribution in [0.5, 0.6) is 5.75 Å². The van der Waals surface area contributed by atoms with Crippen molar-refractivity contribution in [3.8, 4) is 5.75 Å². The molecule has 3 atom stereocenters. The first-order valence-corrected chi connectivity index (χ1v) is 7.09. The summed E-state index contributed by atoms with van der Waals surface area (Å²) in [4.78, 5) is 12.2. The van der Waals surface area contributed by atoms with Crippen molar-refractivity contribution in [1.82, 2.24) is 0 Å². The summed E-state index contributed by atoms with van der Waals surface area (Å²) in [6.45, 7) is 4.43. The quantitative estimate of drug-likeness (QED) is 0.709. The molecule has 0 saturated heterocycles. The molecule has 0 aromatic heterocycles. The Bertz CT molecular complexity index is 530. The van der Waals surface area contributed by atoms with Gasteiger partial charge >= 0.3 is 0 Å². The van der Waals surface area contributed by atoms with Crippen molar-refractivity contribution in [2.24, 2.45) is 11.8 Å². The normalized spacial score (nSPS) is 30.3. The van der Waals surface area contributed by atoms with Crippen molar-refractivity contribution < 1.29 is 9.53 Å². The lowest BCUT2D eigenvalue weighted by molar-refractivity contribution is 0.0685. The highest BCUT2D eigenvalue weighted by molar-refractivity contribution is 5.99. The predicted molar refractivity (Wildman–Crippen MR) is 75.5 cm³/mol. The van der Waals surface area contributed by atoms with E-state index in [0.29, 0.717) is 18.3 Å². The van der Waals surface area contributed by atoms with Gasteiger partial charge in [0.25, 0.3) is 0 Å². The molecule has 100 valence electrons. The Kier molecular flexibility index (Phi) is 3.17. The smallest absolute Gasteiger partial charge is 0.170 e. The highest BCUT2D eigenvalue weighted by Gasteiger charge is 2.34. The molecular formula is C17H20O2. The summed E-state index contributed by atoms with van der Waals surface area (Å²) in [6, 6.07) is 7.61. The number of hydrogen-bond donors (Lipinski definition) is 0. The largest absolute Gasteiger partial charge is 0.489 e. The Morgan fingerprint density at radius 2 is 2.00 bits per heavy atom. The van der Waals surface area contributed by atoms with Crippen LogP contribution in [-0.4, -0.2) is 11.9 Å². The number of para-hydroxylation sites is 1. The Balaban J connectivity index is 1.82. The van der Waals surface area contributed by atoms with Crippen LogP contribution in [0.1, 0.15) is 43.5 Å². The molecule has 3 rings (SSSR count). The van der Waals surface area contributed by atoms with Gasteiger partial charge in [-0.1, -0.05) is 30.7 Å². The fourth-order valence-corrected chi connectivity index (χ4v) is 3.44. The van der Waals surface area contributed by atoms with E-state index in [-0.39, 0.29) is 11.9 Å². The van der Waals surface area contributed by atoms with Gasteiger partial charge < -0.3 is 4.74 Å². The summed E-state index contributed by atoms with van der Waals surface area (Å²) in [7, 11) is 0. The third-order valence-corrected chi connectivity index (χ3v) is 4.21. The minimum Gasteiger partial charge on any atom is -0.489 e. The lowest BCUT2D eigenvalue weighted by Crippen LogP contribution is -2.35. The number of carbonyl (C=O) groups excluding carboxylic acids is 1. The van der Waals surface area contributed by atoms with Gasteiger partial charge in [0.2, 0.25) is 0 Å². The number of allylic oxidation sites excluding steroid dienone is 2. The average molecular weight is 256 g/mol. The van der Waals surface area contributed by atoms with Gasteiger partial charge in [0, 0.05) is 12.3 Å². The number of Topliss-reactive ketones (excluding diaryl/α,β-unsaturated/α-hetero) is 1. The number of hydrogen-bond acceptors (Lipinski definition) is 2. The molecule has 19 heavy (non-hydrogen) atoms. The van der Waals surface area contributed by atoms with Gasteiger partial charge in [-0.3, -0.25) is 4.79 Å². The van der Waals surface area contributed by atoms with Gasteiger partial charge in [0.05, 0.1) is 5.56 Å². The van der Waals surface area contributed by atoms with E-state index in [4.69, 9.17) is 4.74 Å². The second-order valence-corrected chi connectivity index (χ2v) is 5.97. The molecule has 1 aromatic rings. The maximum absolute atomic E-state index is 12.2. The molecule has 2 heteroatoms. The molecule has 2 aliphatic rings. The first-order chi connectivity index (χ1) is 9.13. The number of fused-ring (bicyclic) bond motifs is 1. The van der Waals surface area contributed by atoms with Gasteiger partial charge in [0.1, 0.15) is 11.9 Å². The Morgan fingerprint density at radius 1 is 1.21 bits per heavy atom. The highest BCUT2D eigenvalue weighted by Crippen LogP contribution is 2.37. The molecule has 0 N–H and O–H groups in total. The standard InChI is InChI=1S/C17H20O2/c1-11-7-12(2)9-13(8-11)17-10-15(18)14-5-3-4-6-16(14)19-17/h3-7,11,13,17H,8-10H2,1-2H3. The molecule has 1 aromatic carbocycles. The first-order valence-electron chi connectivity index (χ1n) is 7.09. The zero-order valence-corrected chi connectivity index (χ0v) is 11.6. The lowest BCUT2D eigenvalue weighted by Gasteiger charge is -2.35. The number of benzene rings is 1. The summed E-state index contributed by atoms with van der Waals surface area (Å²) in [5, 5.41) is 0. The van der Waals surface area contributed by atoms with E-state index in [2.05, 4.69) is 19.9 Å². The average Bonchev–Trinajstić information content (AvgIpc) is 2.37. The number of carbonyl (C=O) groups is 1. The molecule has 0 fully saturated rings. The molecule has 0 amide bonds. The van der Waals surface area contributed by atoms with Crippen LogP contribution in [0.4, 0.5) is 0 Å². The second-order valence-electron chi connectivity index (χ2n) is 5.97. The van der Waals surface area contributed by atoms with Crippen molar-refractivity contribution in [3.05, 3.63) is 41.5 Å². The van der Waals surface area contributed by atoms with Crippen LogP contribution >= 0.6 is 0 Å². The van der Waals surface area contributed by atoms with E-state index in [0.717, 1.165) is 24.2 Å². The van der Waals surface area contributed by atoms with Gasteiger partial charge in [-0.15, -0.1) is 0 Å². The van der Waals surface area contributed by atoms with Crippen molar-refractivity contribution in [2.45, 2.75) is 39.2 Å². The second kappa shape index (κ2) is 4.84. The molecule has 0 radical (unpaired) electrons. The fraction of sp³-hybridized carbons (Fsp3) is 0.471. The fourth-order valence-electron chi connectivity index (χ4n) is 3.44. The molecule has 3 unspecified atom stereocenters. The summed E-state index contributed by atoms with van der Waals surface area (Å²) >= 11 is 0. The maximum Gasteiger partial charge on any atom is 0.170 e. The lowest BCUT2D eigenvalue weighted by atomic mass is 9.78. The summed E-state index contributed by atoms with van der Waals surface area (Å²) in [5.41, 5.74) is 2.17. The first kappa shape index (κ1) is 12.5. The Labute approximate surface area is 114 Å². The van der Waals surface area contributed by atoms with E-state index in [1.807, 2.05) is 24.3 Å². The Morgan fingerprint density at radius 3 is 2.79 bits per heavy atom. The van der Waals surface area contributed by atoms with Crippen LogP contribution in [0.15, 0.2) is 35.9 Å². The van der Waals surface area contributed by atoms with Gasteiger partial charge in [-0.2, -0.15) is 0 Å². The SMILES string of the molecule is CC1=CC(C)CC(C2CC(=O)c3ccccc3O2)C1. The molecule has 0 saturated carbocycles. The van der Waals surface area contributed by atoms with Crippen molar-refractivity contribution >= 4 is 5.78 Å². The summed E-state index contributed by atoms with van der Waals surface area (Å²) < 4.78 is 6.09. The van der Waals surface area contributed by atoms with Crippen LogP contribution in [-0.2, 0) is 0 Å². The van der Waals surface area contributed by atoms with Gasteiger partial charge in [-0.25, -0.2) is 0 Å². The van der Waals surface area contributed by atoms with Crippen molar-refractivity contribution in [2.75, 3.05) is 0 Å². The highest BCUT2D eigenvalue weighted by atomic mass is 16.5. The van der Waals surface area contributed by atoms with E-state index in [1.54, 1.807) is 0 Å². The van der Waals surface area contributed by atoms with Crippen LogP contribution in [0.2, 0.25) is 0 Å². The van der Waals surface area contributed by atoms with Crippen LogP contribution < -0.4 is 4.74 Å². The van der Waals surface area contributed by atoms with Crippen molar-refractivity contribution in [1.29, 1.82) is 0 Å². The van der Waals surface area contributed by atoms with Gasteiger partial charge in [-0.05, 0) is 37.8 Å².